The molecule has 0 spiro atoms. The maximum Gasteiger partial charge on any atom is 0.238 e. The second kappa shape index (κ2) is 22.1. The Bertz CT molecular complexity index is 6880. The van der Waals surface area contributed by atoms with Crippen LogP contribution in [-0.2, 0) is 0 Å². The van der Waals surface area contributed by atoms with Crippen molar-refractivity contribution in [3.8, 4) is 79.9 Å². The van der Waals surface area contributed by atoms with Gasteiger partial charge in [-0.3, -0.25) is 9.13 Å². The van der Waals surface area contributed by atoms with Crippen LogP contribution < -0.4 is 0 Å². The van der Waals surface area contributed by atoms with E-state index in [2.05, 4.69) is 334 Å². The van der Waals surface area contributed by atoms with Crippen LogP contribution in [0, 0.1) is 0 Å². The fraction of sp³-hybridized carbons (Fsp3) is 0. The predicted molar refractivity (Wildman–Crippen MR) is 424 cm³/mol. The predicted octanol–water partition coefficient (Wildman–Crippen LogP) is 23.5. The molecule has 8 aromatic heterocycles. The van der Waals surface area contributed by atoms with Gasteiger partial charge in [-0.05, 0) is 132 Å². The Morgan fingerprint density at radius 3 is 1.04 bits per heavy atom. The molecule has 10 nitrogen and oxygen atoms in total. The van der Waals surface area contributed by atoms with Gasteiger partial charge in [-0.1, -0.05) is 194 Å². The van der Waals surface area contributed by atoms with Crippen LogP contribution in [0.5, 0.6) is 0 Å². The molecule has 0 saturated heterocycles. The molecule has 474 valence electrons. The molecule has 8 heterocycles. The number of rotatable bonds is 9. The van der Waals surface area contributed by atoms with Gasteiger partial charge in [0.25, 0.3) is 0 Å². The van der Waals surface area contributed by atoms with E-state index in [0.29, 0.717) is 35.2 Å². The second-order valence-corrected chi connectivity index (χ2v) is 28.3. The van der Waals surface area contributed by atoms with Crippen molar-refractivity contribution in [1.82, 2.24) is 48.2 Å². The second-order valence-electron chi connectivity index (χ2n) is 26.2. The van der Waals surface area contributed by atoms with Gasteiger partial charge < -0.3 is 9.13 Å². The Balaban J connectivity index is 0.820. The molecule has 0 aliphatic rings. The molecule has 0 aliphatic carbocycles. The van der Waals surface area contributed by atoms with Crippen molar-refractivity contribution in [3.63, 3.8) is 0 Å². The molecule has 0 N–H and O–H groups in total. The summed E-state index contributed by atoms with van der Waals surface area (Å²) in [4.78, 5) is 33.8. The molecule has 0 amide bonds. The highest BCUT2D eigenvalue weighted by atomic mass is 32.1. The van der Waals surface area contributed by atoms with Gasteiger partial charge in [0.15, 0.2) is 23.3 Å². The maximum absolute atomic E-state index is 5.71. The number of aromatic nitrogens is 10. The standard InChI is InChI=1S/C90H52N10S2/c1-2-20-53(21-3-1)54-40-44-77-71(50-54)83-78(45-43-68-65-30-8-15-37-76(65)100(84(68)83)90-95-87(57-41-46-81-69(51-57)66-31-9-16-38-79(66)101-81)92-88(96-90)58-42-47-82-70(52-58)67-32-10-17-39-80(67)102-82)99(77)89-93-85(55-22-18-24-59(48-55)97-72-33-11-4-26-61(72)62-27-5-12-34-73(62)97)91-86(94-89)56-23-19-25-60(49-56)98-74-35-13-6-28-63(74)64-29-7-14-36-75(64)98/h1-52H. The molecule has 14 aromatic carbocycles. The van der Waals surface area contributed by atoms with Crippen LogP contribution in [0.15, 0.2) is 315 Å². The van der Waals surface area contributed by atoms with E-state index in [9.17, 15) is 0 Å². The Morgan fingerprint density at radius 2 is 0.549 bits per heavy atom. The van der Waals surface area contributed by atoms with Crippen molar-refractivity contribution in [3.05, 3.63) is 315 Å². The van der Waals surface area contributed by atoms with Crippen LogP contribution >= 0.6 is 22.7 Å². The molecule has 0 aliphatic heterocycles. The zero-order valence-electron chi connectivity index (χ0n) is 54.3. The highest BCUT2D eigenvalue weighted by Crippen LogP contribution is 2.46. The first-order chi connectivity index (χ1) is 50.5. The van der Waals surface area contributed by atoms with Crippen molar-refractivity contribution in [2.45, 2.75) is 0 Å². The van der Waals surface area contributed by atoms with E-state index in [4.69, 9.17) is 29.9 Å². The van der Waals surface area contributed by atoms with E-state index in [1.807, 2.05) is 0 Å². The minimum Gasteiger partial charge on any atom is -0.309 e. The lowest BCUT2D eigenvalue weighted by Gasteiger charge is -2.14. The maximum atomic E-state index is 5.71. The summed E-state index contributed by atoms with van der Waals surface area (Å²) < 4.78 is 14.1. The lowest BCUT2D eigenvalue weighted by Crippen LogP contribution is -2.07. The third kappa shape index (κ3) is 8.64. The van der Waals surface area contributed by atoms with Crippen LogP contribution in [-0.4, -0.2) is 48.2 Å². The monoisotopic (exact) mass is 1340 g/mol. The highest BCUT2D eigenvalue weighted by molar-refractivity contribution is 7.26. The SMILES string of the molecule is c1ccc(-c2ccc3c(c2)c2c(ccc4c5ccccc5n(-c5nc(-c6ccc7sc8ccccc8c7c6)nc(-c6ccc7sc8ccccc8c7c6)n5)c42)n3-c2nc(-c3cccc(-n4c5ccccc5c5ccccc54)c3)nc(-c3cccc(-n4c5ccccc5c5ccccc54)c3)n2)cc1. The fourth-order valence-electron chi connectivity index (χ4n) is 15.9. The third-order valence-corrected chi connectivity index (χ3v) is 22.8. The lowest BCUT2D eigenvalue weighted by atomic mass is 10.0. The zero-order chi connectivity index (χ0) is 66.7. The lowest BCUT2D eigenvalue weighted by molar-refractivity contribution is 0.951. The number of thiophene rings is 2. The topological polar surface area (TPSA) is 97.1 Å². The molecule has 22 rings (SSSR count). The van der Waals surface area contributed by atoms with Crippen molar-refractivity contribution >= 4 is 150 Å². The van der Waals surface area contributed by atoms with E-state index in [-0.39, 0.29) is 0 Å². The minimum absolute atomic E-state index is 0.464. The van der Waals surface area contributed by atoms with Crippen molar-refractivity contribution in [2.24, 2.45) is 0 Å². The number of benzene rings is 14. The number of hydrogen-bond donors (Lipinski definition) is 0. The fourth-order valence-corrected chi connectivity index (χ4v) is 18.1. The minimum atomic E-state index is 0.464. The zero-order valence-corrected chi connectivity index (χ0v) is 55.9. The quantitative estimate of drug-likeness (QED) is 0.143. The Labute approximate surface area is 589 Å². The first-order valence-electron chi connectivity index (χ1n) is 34.2. The third-order valence-electron chi connectivity index (χ3n) is 20.5. The molecular weight excluding hydrogens is 1290 g/mol. The molecule has 0 saturated carbocycles. The molecule has 12 heteroatoms. The highest BCUT2D eigenvalue weighted by Gasteiger charge is 2.27. The van der Waals surface area contributed by atoms with Gasteiger partial charge in [0, 0.05) is 117 Å². The van der Waals surface area contributed by atoms with Gasteiger partial charge in [0.2, 0.25) is 11.9 Å². The Hall–Kier alpha value is -13.3. The van der Waals surface area contributed by atoms with E-state index >= 15 is 0 Å². The van der Waals surface area contributed by atoms with Gasteiger partial charge in [0.1, 0.15) is 0 Å². The normalized spacial score (nSPS) is 12.1. The van der Waals surface area contributed by atoms with Crippen LogP contribution in [0.25, 0.3) is 208 Å². The summed E-state index contributed by atoms with van der Waals surface area (Å²) >= 11 is 3.60. The van der Waals surface area contributed by atoms with E-state index in [0.717, 1.165) is 110 Å². The van der Waals surface area contributed by atoms with Crippen molar-refractivity contribution in [2.75, 3.05) is 0 Å². The first-order valence-corrected chi connectivity index (χ1v) is 35.8. The molecule has 0 fully saturated rings. The smallest absolute Gasteiger partial charge is 0.238 e. The molecular formula is C90H52N10S2. The molecule has 0 bridgehead atoms. The molecule has 22 aromatic rings. The largest absolute Gasteiger partial charge is 0.309 e. The van der Waals surface area contributed by atoms with Gasteiger partial charge in [-0.2, -0.15) is 19.9 Å². The first kappa shape index (κ1) is 56.7. The van der Waals surface area contributed by atoms with Gasteiger partial charge in [-0.25, -0.2) is 9.97 Å². The van der Waals surface area contributed by atoms with Crippen molar-refractivity contribution in [1.29, 1.82) is 0 Å². The summed E-state index contributed by atoms with van der Waals surface area (Å²) in [5.74, 6) is 3.16. The average Bonchev–Trinajstić information content (AvgIpc) is 1.51. The van der Waals surface area contributed by atoms with Gasteiger partial charge in [-0.15, -0.1) is 22.7 Å². The van der Waals surface area contributed by atoms with E-state index in [1.165, 1.54) is 61.9 Å². The van der Waals surface area contributed by atoms with Gasteiger partial charge in [0.05, 0.1) is 44.1 Å². The number of hydrogen-bond acceptors (Lipinski definition) is 8. The molecule has 0 radical (unpaired) electrons. The summed E-state index contributed by atoms with van der Waals surface area (Å²) in [7, 11) is 0. The van der Waals surface area contributed by atoms with Crippen molar-refractivity contribution < 1.29 is 0 Å². The number of nitrogens with zero attached hydrogens (tertiary/aromatic N) is 10. The molecule has 0 unspecified atom stereocenters. The van der Waals surface area contributed by atoms with Crippen LogP contribution in [0.1, 0.15) is 0 Å². The summed E-state index contributed by atoms with van der Waals surface area (Å²) in [5.41, 5.74) is 15.8. The van der Waals surface area contributed by atoms with Crippen LogP contribution in [0.2, 0.25) is 0 Å². The van der Waals surface area contributed by atoms with E-state index < -0.39 is 0 Å². The Kier molecular flexibility index (Phi) is 12.3. The van der Waals surface area contributed by atoms with Crippen LogP contribution in [0.4, 0.5) is 0 Å². The summed E-state index contributed by atoms with van der Waals surface area (Å²) in [6.45, 7) is 0. The molecule has 0 atom stereocenters. The number of para-hydroxylation sites is 5. The van der Waals surface area contributed by atoms with Gasteiger partial charge >= 0.3 is 0 Å². The summed E-state index contributed by atoms with van der Waals surface area (Å²) in [5, 5.41) is 13.6. The summed E-state index contributed by atoms with van der Waals surface area (Å²) in [6.07, 6.45) is 0. The molecule has 102 heavy (non-hydrogen) atoms. The number of fused-ring (bicyclic) bond motifs is 19. The summed E-state index contributed by atoms with van der Waals surface area (Å²) in [6, 6.07) is 113. The average molecular weight is 1340 g/mol. The Morgan fingerprint density at radius 1 is 0.196 bits per heavy atom. The van der Waals surface area contributed by atoms with E-state index in [1.54, 1.807) is 22.7 Å². The van der Waals surface area contributed by atoms with Crippen LogP contribution in [0.3, 0.4) is 0 Å².